The second-order valence-electron chi connectivity index (χ2n) is 6.42. The SMILES string of the molecule is CCOc1ccc(C(C)NC(=O)Cc2cc(Cl)c3c(c2)OCCCO3)cc1. The molecule has 0 saturated heterocycles. The molecule has 0 bridgehead atoms. The van der Waals surface area contributed by atoms with Crippen LogP contribution in [-0.4, -0.2) is 25.7 Å². The van der Waals surface area contributed by atoms with Crippen LogP contribution in [0.15, 0.2) is 36.4 Å². The summed E-state index contributed by atoms with van der Waals surface area (Å²) >= 11 is 6.30. The first-order chi connectivity index (χ1) is 13.1. The number of benzene rings is 2. The number of ether oxygens (including phenoxy) is 3. The van der Waals surface area contributed by atoms with Crippen LogP contribution in [-0.2, 0) is 11.2 Å². The molecule has 2 aromatic carbocycles. The maximum absolute atomic E-state index is 12.5. The first kappa shape index (κ1) is 19.4. The van der Waals surface area contributed by atoms with E-state index < -0.39 is 0 Å². The van der Waals surface area contributed by atoms with Gasteiger partial charge in [0.15, 0.2) is 11.5 Å². The monoisotopic (exact) mass is 389 g/mol. The van der Waals surface area contributed by atoms with Gasteiger partial charge in [-0.05, 0) is 49.2 Å². The van der Waals surface area contributed by atoms with Gasteiger partial charge in [0, 0.05) is 6.42 Å². The molecule has 0 saturated carbocycles. The van der Waals surface area contributed by atoms with Gasteiger partial charge in [-0.15, -0.1) is 0 Å². The summed E-state index contributed by atoms with van der Waals surface area (Å²) in [5, 5.41) is 3.48. The highest BCUT2D eigenvalue weighted by molar-refractivity contribution is 6.32. The summed E-state index contributed by atoms with van der Waals surface area (Å²) in [6.45, 7) is 5.68. The molecular formula is C21H24ClNO4. The number of amides is 1. The molecule has 1 aliphatic heterocycles. The topological polar surface area (TPSA) is 56.8 Å². The standard InChI is InChI=1S/C21H24ClNO4/c1-3-25-17-7-5-16(6-8-17)14(2)23-20(24)13-15-11-18(22)21-19(12-15)26-9-4-10-27-21/h5-8,11-12,14H,3-4,9-10,13H2,1-2H3,(H,23,24). The minimum Gasteiger partial charge on any atom is -0.494 e. The Morgan fingerprint density at radius 3 is 2.70 bits per heavy atom. The molecule has 1 unspecified atom stereocenters. The first-order valence-corrected chi connectivity index (χ1v) is 9.54. The molecule has 144 valence electrons. The van der Waals surface area contributed by atoms with E-state index in [1.807, 2.05) is 44.2 Å². The van der Waals surface area contributed by atoms with Gasteiger partial charge < -0.3 is 19.5 Å². The van der Waals surface area contributed by atoms with Crippen molar-refractivity contribution in [3.63, 3.8) is 0 Å². The van der Waals surface area contributed by atoms with Gasteiger partial charge in [-0.3, -0.25) is 4.79 Å². The summed E-state index contributed by atoms with van der Waals surface area (Å²) < 4.78 is 16.7. The number of carbonyl (C=O) groups is 1. The molecule has 0 spiro atoms. The summed E-state index contributed by atoms with van der Waals surface area (Å²) in [6, 6.07) is 11.2. The van der Waals surface area contributed by atoms with Gasteiger partial charge >= 0.3 is 0 Å². The first-order valence-electron chi connectivity index (χ1n) is 9.17. The molecule has 0 aliphatic carbocycles. The lowest BCUT2D eigenvalue weighted by Gasteiger charge is -2.16. The molecule has 27 heavy (non-hydrogen) atoms. The van der Waals surface area contributed by atoms with Crippen molar-refractivity contribution in [3.05, 3.63) is 52.5 Å². The van der Waals surface area contributed by atoms with E-state index in [1.54, 1.807) is 6.07 Å². The molecule has 6 heteroatoms. The van der Waals surface area contributed by atoms with E-state index in [9.17, 15) is 4.79 Å². The fourth-order valence-corrected chi connectivity index (χ4v) is 3.25. The van der Waals surface area contributed by atoms with Crippen molar-refractivity contribution in [3.8, 4) is 17.2 Å². The lowest BCUT2D eigenvalue weighted by Crippen LogP contribution is -2.28. The molecule has 5 nitrogen and oxygen atoms in total. The third-order valence-electron chi connectivity index (χ3n) is 4.30. The van der Waals surface area contributed by atoms with Crippen LogP contribution in [0.2, 0.25) is 5.02 Å². The van der Waals surface area contributed by atoms with Gasteiger partial charge in [0.2, 0.25) is 5.91 Å². The Balaban J connectivity index is 1.63. The van der Waals surface area contributed by atoms with Crippen LogP contribution in [0.25, 0.3) is 0 Å². The Labute approximate surface area is 164 Å². The zero-order valence-electron chi connectivity index (χ0n) is 15.6. The summed E-state index contributed by atoms with van der Waals surface area (Å²) in [5.41, 5.74) is 1.81. The number of nitrogens with one attached hydrogen (secondary N) is 1. The minimum absolute atomic E-state index is 0.0815. The zero-order chi connectivity index (χ0) is 19.2. The molecule has 2 aromatic rings. The summed E-state index contributed by atoms with van der Waals surface area (Å²) in [6.07, 6.45) is 1.03. The minimum atomic E-state index is -0.107. The third kappa shape index (κ3) is 5.07. The average molecular weight is 390 g/mol. The largest absolute Gasteiger partial charge is 0.494 e. The highest BCUT2D eigenvalue weighted by Gasteiger charge is 2.17. The Morgan fingerprint density at radius 2 is 1.96 bits per heavy atom. The second kappa shape index (κ2) is 9.00. The van der Waals surface area contributed by atoms with Gasteiger partial charge in [-0.2, -0.15) is 0 Å². The van der Waals surface area contributed by atoms with E-state index >= 15 is 0 Å². The van der Waals surface area contributed by atoms with Gasteiger partial charge in [-0.25, -0.2) is 0 Å². The highest BCUT2D eigenvalue weighted by Crippen LogP contribution is 2.38. The van der Waals surface area contributed by atoms with E-state index in [4.69, 9.17) is 25.8 Å². The summed E-state index contributed by atoms with van der Waals surface area (Å²) in [7, 11) is 0. The van der Waals surface area contributed by atoms with E-state index in [2.05, 4.69) is 5.32 Å². The normalized spacial score (nSPS) is 14.2. The second-order valence-corrected chi connectivity index (χ2v) is 6.83. The summed E-state index contributed by atoms with van der Waals surface area (Å²) in [5.74, 6) is 1.90. The van der Waals surface area contributed by atoms with Crippen molar-refractivity contribution in [1.82, 2.24) is 5.32 Å². The Bertz CT molecular complexity index is 792. The van der Waals surface area contributed by atoms with Crippen LogP contribution in [0.4, 0.5) is 0 Å². The summed E-state index contributed by atoms with van der Waals surface area (Å²) in [4.78, 5) is 12.5. The lowest BCUT2D eigenvalue weighted by atomic mass is 10.1. The molecule has 0 aromatic heterocycles. The quantitative estimate of drug-likeness (QED) is 0.799. The predicted octanol–water partition coefficient (Wildman–Crippen LogP) is 4.32. The van der Waals surface area contributed by atoms with Crippen LogP contribution < -0.4 is 19.5 Å². The van der Waals surface area contributed by atoms with Gasteiger partial charge in [-0.1, -0.05) is 23.7 Å². The number of rotatable bonds is 6. The number of hydrogen-bond donors (Lipinski definition) is 1. The Morgan fingerprint density at radius 1 is 1.22 bits per heavy atom. The van der Waals surface area contributed by atoms with E-state index in [1.165, 1.54) is 0 Å². The van der Waals surface area contributed by atoms with Crippen LogP contribution >= 0.6 is 11.6 Å². The number of carbonyl (C=O) groups excluding carboxylic acids is 1. The van der Waals surface area contributed by atoms with Gasteiger partial charge in [0.25, 0.3) is 0 Å². The predicted molar refractivity (Wildman–Crippen MR) is 105 cm³/mol. The van der Waals surface area contributed by atoms with Crippen molar-refractivity contribution in [2.24, 2.45) is 0 Å². The number of fused-ring (bicyclic) bond motifs is 1. The Kier molecular flexibility index (Phi) is 6.45. The third-order valence-corrected chi connectivity index (χ3v) is 4.58. The molecule has 1 N–H and O–H groups in total. The zero-order valence-corrected chi connectivity index (χ0v) is 16.3. The fraction of sp³-hybridized carbons (Fsp3) is 0.381. The maximum atomic E-state index is 12.5. The van der Waals surface area contributed by atoms with E-state index in [0.717, 1.165) is 23.3 Å². The molecule has 1 aliphatic rings. The maximum Gasteiger partial charge on any atom is 0.224 e. The van der Waals surface area contributed by atoms with Crippen molar-refractivity contribution in [1.29, 1.82) is 0 Å². The van der Waals surface area contributed by atoms with Crippen molar-refractivity contribution in [2.75, 3.05) is 19.8 Å². The van der Waals surface area contributed by atoms with Crippen molar-refractivity contribution < 1.29 is 19.0 Å². The van der Waals surface area contributed by atoms with Gasteiger partial charge in [0.05, 0.1) is 37.3 Å². The Hall–Kier alpha value is -2.40. The van der Waals surface area contributed by atoms with Crippen LogP contribution in [0.3, 0.4) is 0 Å². The van der Waals surface area contributed by atoms with Crippen LogP contribution in [0.1, 0.15) is 37.4 Å². The van der Waals surface area contributed by atoms with E-state index in [-0.39, 0.29) is 18.4 Å². The van der Waals surface area contributed by atoms with Gasteiger partial charge in [0.1, 0.15) is 5.75 Å². The van der Waals surface area contributed by atoms with Crippen molar-refractivity contribution >= 4 is 17.5 Å². The molecule has 0 radical (unpaired) electrons. The molecule has 1 heterocycles. The van der Waals surface area contributed by atoms with Crippen LogP contribution in [0.5, 0.6) is 17.2 Å². The average Bonchev–Trinajstić information content (AvgIpc) is 2.88. The molecular weight excluding hydrogens is 366 g/mol. The molecule has 0 fully saturated rings. The smallest absolute Gasteiger partial charge is 0.224 e. The highest BCUT2D eigenvalue weighted by atomic mass is 35.5. The molecule has 3 rings (SSSR count). The van der Waals surface area contributed by atoms with E-state index in [0.29, 0.717) is 36.3 Å². The van der Waals surface area contributed by atoms with Crippen LogP contribution in [0, 0.1) is 0 Å². The number of halogens is 1. The molecule has 1 amide bonds. The number of hydrogen-bond acceptors (Lipinski definition) is 4. The van der Waals surface area contributed by atoms with Crippen molar-refractivity contribution in [2.45, 2.75) is 32.7 Å². The lowest BCUT2D eigenvalue weighted by molar-refractivity contribution is -0.121. The molecule has 1 atom stereocenters. The fourth-order valence-electron chi connectivity index (χ4n) is 2.97.